The van der Waals surface area contributed by atoms with Crippen molar-refractivity contribution in [3.63, 3.8) is 0 Å². The third kappa shape index (κ3) is 2.31. The molecule has 6 nitrogen and oxygen atoms in total. The highest BCUT2D eigenvalue weighted by atomic mass is 32.2. The van der Waals surface area contributed by atoms with Crippen LogP contribution in [0.5, 0.6) is 0 Å². The molecule has 1 saturated heterocycles. The van der Waals surface area contributed by atoms with Crippen molar-refractivity contribution in [1.29, 1.82) is 0 Å². The minimum absolute atomic E-state index is 0.123. The van der Waals surface area contributed by atoms with Crippen molar-refractivity contribution in [1.82, 2.24) is 9.71 Å². The number of pyridine rings is 1. The van der Waals surface area contributed by atoms with Gasteiger partial charge in [0.05, 0.1) is 12.3 Å². The first-order chi connectivity index (χ1) is 7.59. The van der Waals surface area contributed by atoms with Gasteiger partial charge in [-0.3, -0.25) is 0 Å². The molecule has 0 aliphatic carbocycles. The van der Waals surface area contributed by atoms with Crippen LogP contribution >= 0.6 is 0 Å². The fourth-order valence-corrected chi connectivity index (χ4v) is 2.84. The Labute approximate surface area is 93.9 Å². The monoisotopic (exact) mass is 243 g/mol. The summed E-state index contributed by atoms with van der Waals surface area (Å²) in [6.07, 6.45) is 2.07. The minimum atomic E-state index is -3.64. The lowest BCUT2D eigenvalue weighted by atomic mass is 10.3. The summed E-state index contributed by atoms with van der Waals surface area (Å²) in [6.45, 7) is 0.969. The summed E-state index contributed by atoms with van der Waals surface area (Å²) >= 11 is 0. The van der Waals surface area contributed by atoms with Gasteiger partial charge in [0.25, 0.3) is 10.0 Å². The molecular formula is C9H13N3O3S. The second kappa shape index (κ2) is 4.36. The van der Waals surface area contributed by atoms with Gasteiger partial charge in [-0.1, -0.05) is 0 Å². The maximum Gasteiger partial charge on any atom is 0.260 e. The molecule has 1 aromatic heterocycles. The molecule has 2 heterocycles. The van der Waals surface area contributed by atoms with E-state index >= 15 is 0 Å². The number of aromatic nitrogens is 1. The van der Waals surface area contributed by atoms with E-state index in [2.05, 4.69) is 9.71 Å². The lowest BCUT2D eigenvalue weighted by molar-refractivity contribution is 0.192. The molecule has 0 aromatic carbocycles. The number of nitrogens with two attached hydrogens (primary N) is 1. The second-order valence-corrected chi connectivity index (χ2v) is 5.21. The lowest BCUT2D eigenvalue weighted by Gasteiger charge is -2.11. The summed E-state index contributed by atoms with van der Waals surface area (Å²) in [4.78, 5) is 3.78. The molecule has 16 heavy (non-hydrogen) atoms. The van der Waals surface area contributed by atoms with Gasteiger partial charge < -0.3 is 10.5 Å². The zero-order valence-corrected chi connectivity index (χ0v) is 9.40. The van der Waals surface area contributed by atoms with Gasteiger partial charge in [0, 0.05) is 18.8 Å². The third-order valence-electron chi connectivity index (χ3n) is 2.31. The molecule has 0 spiro atoms. The van der Waals surface area contributed by atoms with E-state index in [-0.39, 0.29) is 16.8 Å². The van der Waals surface area contributed by atoms with Gasteiger partial charge in [-0.15, -0.1) is 0 Å². The van der Waals surface area contributed by atoms with Crippen molar-refractivity contribution >= 4 is 15.7 Å². The van der Waals surface area contributed by atoms with Crippen LogP contribution in [-0.2, 0) is 14.8 Å². The molecule has 0 amide bonds. The first-order valence-corrected chi connectivity index (χ1v) is 6.38. The first-order valence-electron chi connectivity index (χ1n) is 4.90. The molecular weight excluding hydrogens is 230 g/mol. The van der Waals surface area contributed by atoms with E-state index < -0.39 is 10.0 Å². The molecule has 7 heteroatoms. The van der Waals surface area contributed by atoms with Gasteiger partial charge in [-0.05, 0) is 18.6 Å². The molecule has 2 rings (SSSR count). The first kappa shape index (κ1) is 11.3. The average molecular weight is 243 g/mol. The van der Waals surface area contributed by atoms with Gasteiger partial charge in [0.15, 0.2) is 5.03 Å². The van der Waals surface area contributed by atoms with Gasteiger partial charge in [-0.2, -0.15) is 0 Å². The molecule has 1 aromatic rings. The van der Waals surface area contributed by atoms with Crippen molar-refractivity contribution < 1.29 is 13.2 Å². The largest absolute Gasteiger partial charge is 0.396 e. The molecule has 0 bridgehead atoms. The number of nitrogens with one attached hydrogen (secondary N) is 1. The van der Waals surface area contributed by atoms with Crippen molar-refractivity contribution in [2.75, 3.05) is 18.9 Å². The van der Waals surface area contributed by atoms with Gasteiger partial charge in [-0.25, -0.2) is 18.1 Å². The van der Waals surface area contributed by atoms with E-state index in [0.29, 0.717) is 19.6 Å². The van der Waals surface area contributed by atoms with E-state index in [9.17, 15) is 8.42 Å². The highest BCUT2D eigenvalue weighted by molar-refractivity contribution is 7.89. The fourth-order valence-electron chi connectivity index (χ4n) is 1.53. The zero-order chi connectivity index (χ0) is 11.6. The molecule has 1 atom stereocenters. The Balaban J connectivity index is 2.21. The predicted molar refractivity (Wildman–Crippen MR) is 58.2 cm³/mol. The maximum absolute atomic E-state index is 11.9. The van der Waals surface area contributed by atoms with Crippen molar-refractivity contribution in [2.24, 2.45) is 0 Å². The molecule has 1 aliphatic heterocycles. The van der Waals surface area contributed by atoms with E-state index in [1.54, 1.807) is 6.07 Å². The lowest BCUT2D eigenvalue weighted by Crippen LogP contribution is -2.35. The Bertz CT molecular complexity index is 469. The predicted octanol–water partition coefficient (Wildman–Crippen LogP) is -0.269. The second-order valence-electron chi connectivity index (χ2n) is 3.58. The number of rotatable bonds is 3. The highest BCUT2D eigenvalue weighted by Crippen LogP contribution is 2.15. The average Bonchev–Trinajstić information content (AvgIpc) is 2.70. The Morgan fingerprint density at radius 3 is 3.00 bits per heavy atom. The minimum Gasteiger partial charge on any atom is -0.396 e. The van der Waals surface area contributed by atoms with Crippen LogP contribution in [0.4, 0.5) is 5.69 Å². The van der Waals surface area contributed by atoms with E-state index in [1.807, 2.05) is 0 Å². The van der Waals surface area contributed by atoms with Crippen LogP contribution < -0.4 is 10.5 Å². The van der Waals surface area contributed by atoms with E-state index in [4.69, 9.17) is 10.5 Å². The number of ether oxygens (including phenoxy) is 1. The standard InChI is InChI=1S/C9H13N3O3S/c10-8-2-1-4-11-9(8)16(13,14)12-7-3-5-15-6-7/h1-2,4,7,12H,3,5-6,10H2. The number of hydrogen-bond acceptors (Lipinski definition) is 5. The number of anilines is 1. The highest BCUT2D eigenvalue weighted by Gasteiger charge is 2.25. The SMILES string of the molecule is Nc1cccnc1S(=O)(=O)NC1CCOC1. The quantitative estimate of drug-likeness (QED) is 0.762. The number of nitrogens with zero attached hydrogens (tertiary/aromatic N) is 1. The fraction of sp³-hybridized carbons (Fsp3) is 0.444. The van der Waals surface area contributed by atoms with E-state index in [0.717, 1.165) is 0 Å². The van der Waals surface area contributed by atoms with Crippen LogP contribution in [0, 0.1) is 0 Å². The Hall–Kier alpha value is -1.18. The zero-order valence-electron chi connectivity index (χ0n) is 8.59. The summed E-state index contributed by atoms with van der Waals surface area (Å²) in [7, 11) is -3.64. The molecule has 1 unspecified atom stereocenters. The van der Waals surface area contributed by atoms with Gasteiger partial charge >= 0.3 is 0 Å². The molecule has 0 saturated carbocycles. The van der Waals surface area contributed by atoms with Crippen molar-refractivity contribution in [3.8, 4) is 0 Å². The molecule has 3 N–H and O–H groups in total. The third-order valence-corrected chi connectivity index (χ3v) is 3.80. The van der Waals surface area contributed by atoms with Crippen LogP contribution in [-0.4, -0.2) is 32.7 Å². The summed E-state index contributed by atoms with van der Waals surface area (Å²) in [5.74, 6) is 0. The molecule has 1 fully saturated rings. The molecule has 1 aliphatic rings. The summed E-state index contributed by atoms with van der Waals surface area (Å²) < 4.78 is 31.4. The van der Waals surface area contributed by atoms with E-state index in [1.165, 1.54) is 12.3 Å². The maximum atomic E-state index is 11.9. The Morgan fingerprint density at radius 2 is 2.38 bits per heavy atom. The molecule has 88 valence electrons. The number of hydrogen-bond donors (Lipinski definition) is 2. The smallest absolute Gasteiger partial charge is 0.260 e. The summed E-state index contributed by atoms with van der Waals surface area (Å²) in [6, 6.07) is 2.91. The summed E-state index contributed by atoms with van der Waals surface area (Å²) in [5.41, 5.74) is 5.72. The van der Waals surface area contributed by atoms with Gasteiger partial charge in [0.1, 0.15) is 0 Å². The van der Waals surface area contributed by atoms with Crippen LogP contribution in [0.15, 0.2) is 23.4 Å². The topological polar surface area (TPSA) is 94.3 Å². The normalized spacial score (nSPS) is 21.1. The van der Waals surface area contributed by atoms with Crippen molar-refractivity contribution in [2.45, 2.75) is 17.5 Å². The van der Waals surface area contributed by atoms with Crippen LogP contribution in [0.3, 0.4) is 0 Å². The number of sulfonamides is 1. The Morgan fingerprint density at radius 1 is 1.56 bits per heavy atom. The number of nitrogen functional groups attached to an aromatic ring is 1. The summed E-state index contributed by atoms with van der Waals surface area (Å²) in [5, 5.41) is -0.123. The Kier molecular flexibility index (Phi) is 3.08. The van der Waals surface area contributed by atoms with Crippen LogP contribution in [0.2, 0.25) is 0 Å². The van der Waals surface area contributed by atoms with Crippen LogP contribution in [0.1, 0.15) is 6.42 Å². The molecule has 0 radical (unpaired) electrons. The van der Waals surface area contributed by atoms with Crippen molar-refractivity contribution in [3.05, 3.63) is 18.3 Å². The van der Waals surface area contributed by atoms with Crippen LogP contribution in [0.25, 0.3) is 0 Å². The van der Waals surface area contributed by atoms with Gasteiger partial charge in [0.2, 0.25) is 0 Å².